The lowest BCUT2D eigenvalue weighted by Crippen LogP contribution is -2.16. The van der Waals surface area contributed by atoms with Crippen LogP contribution in [0, 0.1) is 0 Å². The molecule has 0 spiro atoms. The summed E-state index contributed by atoms with van der Waals surface area (Å²) in [5.74, 6) is 0. The molecule has 3 aromatic carbocycles. The first-order valence-electron chi connectivity index (χ1n) is 10.1. The van der Waals surface area contributed by atoms with E-state index in [1.165, 1.54) is 11.1 Å². The van der Waals surface area contributed by atoms with Gasteiger partial charge in [-0.05, 0) is 79.4 Å². The summed E-state index contributed by atoms with van der Waals surface area (Å²) in [5, 5.41) is 3.37. The molecule has 0 unspecified atom stereocenters. The van der Waals surface area contributed by atoms with Crippen molar-refractivity contribution < 1.29 is 8.42 Å². The fraction of sp³-hybridized carbons (Fsp3) is 0.259. The van der Waals surface area contributed by atoms with Crippen molar-refractivity contribution in [2.24, 2.45) is 0 Å². The number of allylic oxidation sites excluding steroid dienone is 1. The molecule has 172 valence electrons. The zero-order valence-corrected chi connectivity index (χ0v) is 18.1. The number of anilines is 1. The van der Waals surface area contributed by atoms with Crippen molar-refractivity contribution in [2.75, 3.05) is 17.8 Å². The lowest BCUT2D eigenvalue weighted by molar-refractivity contribution is 0.601. The Kier molecular flexibility index (Phi) is 10.9. The number of rotatable bonds is 4. The Bertz CT molecular complexity index is 1080. The number of nitrogens with one attached hydrogen (secondary N) is 2. The number of fused-ring (bicyclic) bond motifs is 1. The minimum atomic E-state index is -3.61. The summed E-state index contributed by atoms with van der Waals surface area (Å²) in [6.07, 6.45) is 3.64. The average molecular weight is 453 g/mol. The van der Waals surface area contributed by atoms with Gasteiger partial charge in [-0.25, -0.2) is 8.42 Å². The quantitative estimate of drug-likeness (QED) is 0.456. The summed E-state index contributed by atoms with van der Waals surface area (Å²) in [4.78, 5) is 0.263. The van der Waals surface area contributed by atoms with Gasteiger partial charge in [0.2, 0.25) is 0 Å². The van der Waals surface area contributed by atoms with E-state index < -0.39 is 10.0 Å². The van der Waals surface area contributed by atoms with E-state index in [9.17, 15) is 8.42 Å². The van der Waals surface area contributed by atoms with Crippen LogP contribution in [0.5, 0.6) is 0 Å². The topological polar surface area (TPSA) is 58.2 Å². The molecule has 4 nitrogen and oxygen atoms in total. The summed E-state index contributed by atoms with van der Waals surface area (Å²) in [6.45, 7) is 7.13. The second kappa shape index (κ2) is 12.8. The zero-order chi connectivity index (χ0) is 21.4. The number of hydrogen-bond acceptors (Lipinski definition) is 3. The molecule has 0 aliphatic carbocycles. The van der Waals surface area contributed by atoms with E-state index in [4.69, 9.17) is 0 Å². The molecular weight excluding hydrogens is 416 g/mol. The highest BCUT2D eigenvalue weighted by Gasteiger charge is 2.16. The molecule has 0 fully saturated rings. The van der Waals surface area contributed by atoms with E-state index in [0.717, 1.165) is 37.1 Å². The molecular formula is C27H36N2O2S. The largest absolute Gasteiger partial charge is 0.316 e. The lowest BCUT2D eigenvalue weighted by atomic mass is 10.0. The highest BCUT2D eigenvalue weighted by Crippen LogP contribution is 2.24. The molecule has 3 aromatic rings. The van der Waals surface area contributed by atoms with Crippen LogP contribution in [-0.4, -0.2) is 21.5 Å². The molecule has 32 heavy (non-hydrogen) atoms. The van der Waals surface area contributed by atoms with Crippen molar-refractivity contribution in [3.05, 3.63) is 96.6 Å². The molecule has 0 atom stereocenters. The van der Waals surface area contributed by atoms with Crippen molar-refractivity contribution in [2.45, 2.75) is 39.5 Å². The normalized spacial score (nSPS) is 12.4. The third-order valence-corrected chi connectivity index (χ3v) is 6.27. The second-order valence-corrected chi connectivity index (χ2v) is 8.82. The SMILES string of the molecule is C.C.C=CC.O=S(=O)(Nc1ccc2c(c1)CCNCC2)c1ccc(-c2ccccc2)cc1. The van der Waals surface area contributed by atoms with Gasteiger partial charge in [0.1, 0.15) is 0 Å². The highest BCUT2D eigenvalue weighted by molar-refractivity contribution is 7.92. The van der Waals surface area contributed by atoms with E-state index in [1.54, 1.807) is 18.2 Å². The van der Waals surface area contributed by atoms with Gasteiger partial charge in [0, 0.05) is 5.69 Å². The van der Waals surface area contributed by atoms with Crippen LogP contribution in [0.15, 0.2) is 90.3 Å². The van der Waals surface area contributed by atoms with Crippen LogP contribution in [-0.2, 0) is 22.9 Å². The van der Waals surface area contributed by atoms with E-state index in [0.29, 0.717) is 5.69 Å². The maximum absolute atomic E-state index is 12.8. The number of sulfonamides is 1. The van der Waals surface area contributed by atoms with Crippen LogP contribution in [0.25, 0.3) is 11.1 Å². The van der Waals surface area contributed by atoms with E-state index in [-0.39, 0.29) is 19.7 Å². The Labute approximate surface area is 194 Å². The van der Waals surface area contributed by atoms with Gasteiger partial charge in [0.15, 0.2) is 0 Å². The summed E-state index contributed by atoms with van der Waals surface area (Å²) >= 11 is 0. The number of benzene rings is 3. The molecule has 0 radical (unpaired) electrons. The molecule has 0 saturated heterocycles. The highest BCUT2D eigenvalue weighted by atomic mass is 32.2. The van der Waals surface area contributed by atoms with Gasteiger partial charge in [0.25, 0.3) is 10.0 Å². The van der Waals surface area contributed by atoms with Gasteiger partial charge in [-0.2, -0.15) is 0 Å². The molecule has 5 heteroatoms. The van der Waals surface area contributed by atoms with Gasteiger partial charge in [0.05, 0.1) is 4.90 Å². The Balaban J connectivity index is 0.000000971. The predicted octanol–water partition coefficient (Wildman–Crippen LogP) is 6.31. The van der Waals surface area contributed by atoms with Crippen LogP contribution < -0.4 is 10.0 Å². The Hall–Kier alpha value is -2.89. The van der Waals surface area contributed by atoms with Crippen molar-refractivity contribution in [1.29, 1.82) is 0 Å². The van der Waals surface area contributed by atoms with Gasteiger partial charge in [-0.1, -0.05) is 69.5 Å². The van der Waals surface area contributed by atoms with Crippen molar-refractivity contribution in [1.82, 2.24) is 5.32 Å². The fourth-order valence-corrected chi connectivity index (χ4v) is 4.46. The smallest absolute Gasteiger partial charge is 0.261 e. The summed E-state index contributed by atoms with van der Waals surface area (Å²) in [7, 11) is -3.61. The van der Waals surface area contributed by atoms with Crippen LogP contribution in [0.1, 0.15) is 32.9 Å². The zero-order valence-electron chi connectivity index (χ0n) is 17.3. The van der Waals surface area contributed by atoms with Crippen LogP contribution in [0.4, 0.5) is 5.69 Å². The van der Waals surface area contributed by atoms with E-state index in [2.05, 4.69) is 16.6 Å². The number of hydrogen-bond donors (Lipinski definition) is 2. The van der Waals surface area contributed by atoms with Crippen LogP contribution in [0.3, 0.4) is 0 Å². The second-order valence-electron chi connectivity index (χ2n) is 7.14. The molecule has 0 bridgehead atoms. The third-order valence-electron chi connectivity index (χ3n) is 4.87. The Morgan fingerprint density at radius 1 is 0.844 bits per heavy atom. The van der Waals surface area contributed by atoms with Gasteiger partial charge in [-0.15, -0.1) is 6.58 Å². The first-order valence-corrected chi connectivity index (χ1v) is 11.6. The predicted molar refractivity (Wildman–Crippen MR) is 139 cm³/mol. The summed E-state index contributed by atoms with van der Waals surface area (Å²) in [5.41, 5.74) is 5.17. The fourth-order valence-electron chi connectivity index (χ4n) is 3.41. The lowest BCUT2D eigenvalue weighted by Gasteiger charge is -2.12. The van der Waals surface area contributed by atoms with Crippen LogP contribution >= 0.6 is 0 Å². The minimum Gasteiger partial charge on any atom is -0.316 e. The average Bonchev–Trinajstić information content (AvgIpc) is 3.00. The molecule has 2 N–H and O–H groups in total. The molecule has 0 aromatic heterocycles. The molecule has 1 heterocycles. The van der Waals surface area contributed by atoms with Gasteiger partial charge >= 0.3 is 0 Å². The first kappa shape index (κ1) is 27.1. The van der Waals surface area contributed by atoms with Crippen molar-refractivity contribution in [3.8, 4) is 11.1 Å². The standard InChI is InChI=1S/C22H22N2O2S.C3H6.2CH4/c25-27(26,22-10-7-18(8-11-22)17-4-2-1-3-5-17)24-21-9-6-19-12-14-23-15-13-20(19)16-21;1-3-2;;/h1-11,16,23-24H,12-15H2;3H,1H2,2H3;2*1H4. The van der Waals surface area contributed by atoms with E-state index >= 15 is 0 Å². The molecule has 1 aliphatic heterocycles. The van der Waals surface area contributed by atoms with Crippen molar-refractivity contribution >= 4 is 15.7 Å². The maximum atomic E-state index is 12.8. The monoisotopic (exact) mass is 452 g/mol. The van der Waals surface area contributed by atoms with Crippen molar-refractivity contribution in [3.63, 3.8) is 0 Å². The molecule has 4 rings (SSSR count). The molecule has 0 amide bonds. The van der Waals surface area contributed by atoms with E-state index in [1.807, 2.05) is 67.6 Å². The van der Waals surface area contributed by atoms with Gasteiger partial charge in [-0.3, -0.25) is 4.72 Å². The van der Waals surface area contributed by atoms with Crippen LogP contribution in [0.2, 0.25) is 0 Å². The third kappa shape index (κ3) is 7.08. The first-order chi connectivity index (χ1) is 14.5. The molecule has 1 aliphatic rings. The molecule has 0 saturated carbocycles. The maximum Gasteiger partial charge on any atom is 0.261 e. The summed E-state index contributed by atoms with van der Waals surface area (Å²) < 4.78 is 28.2. The van der Waals surface area contributed by atoms with Gasteiger partial charge < -0.3 is 5.32 Å². The summed E-state index contributed by atoms with van der Waals surface area (Å²) in [6, 6.07) is 22.7. The Morgan fingerprint density at radius 2 is 1.41 bits per heavy atom. The Morgan fingerprint density at radius 3 is 2.03 bits per heavy atom. The minimum absolute atomic E-state index is 0.